The highest BCUT2D eigenvalue weighted by molar-refractivity contribution is 5.94. The standard InChI is InChI=1S/C21H21N3O4/c1-27-17-8-14(9-18(28-2)20(17)26)15-10-19(25)22-21-16(15)12-24(23-21)11-13-6-4-3-5-7-13/h3-9,12,15,26H,10-11H2,1-2H3,(H,22,23,25). The molecule has 28 heavy (non-hydrogen) atoms. The molecule has 1 atom stereocenters. The molecule has 0 bridgehead atoms. The number of aromatic hydroxyl groups is 1. The number of rotatable bonds is 5. The number of fused-ring (bicyclic) bond motifs is 1. The molecule has 0 fully saturated rings. The highest BCUT2D eigenvalue weighted by atomic mass is 16.5. The minimum Gasteiger partial charge on any atom is -0.502 e. The molecule has 0 saturated heterocycles. The molecular weight excluding hydrogens is 358 g/mol. The highest BCUT2D eigenvalue weighted by Gasteiger charge is 2.30. The number of phenolic OH excluding ortho intramolecular Hbond substituents is 1. The quantitative estimate of drug-likeness (QED) is 0.711. The van der Waals surface area contributed by atoms with Crippen molar-refractivity contribution in [1.82, 2.24) is 9.78 Å². The first kappa shape index (κ1) is 17.9. The van der Waals surface area contributed by atoms with Gasteiger partial charge < -0.3 is 19.9 Å². The van der Waals surface area contributed by atoms with Gasteiger partial charge in [-0.1, -0.05) is 30.3 Å². The summed E-state index contributed by atoms with van der Waals surface area (Å²) in [5, 5.41) is 17.6. The molecular formula is C21H21N3O4. The molecule has 2 aromatic carbocycles. The molecule has 1 aliphatic heterocycles. The third kappa shape index (κ3) is 3.26. The summed E-state index contributed by atoms with van der Waals surface area (Å²) in [4.78, 5) is 12.3. The first-order valence-electron chi connectivity index (χ1n) is 8.95. The first-order valence-corrected chi connectivity index (χ1v) is 8.95. The molecule has 0 aliphatic carbocycles. The van der Waals surface area contributed by atoms with Crippen LogP contribution in [0.15, 0.2) is 48.7 Å². The molecule has 0 spiro atoms. The molecule has 0 radical (unpaired) electrons. The minimum atomic E-state index is -0.211. The second-order valence-electron chi connectivity index (χ2n) is 6.70. The molecule has 4 rings (SSSR count). The number of nitrogens with zero attached hydrogens (tertiary/aromatic N) is 2. The summed E-state index contributed by atoms with van der Waals surface area (Å²) in [5.41, 5.74) is 2.87. The molecule has 7 heteroatoms. The number of methoxy groups -OCH3 is 2. The van der Waals surface area contributed by atoms with Gasteiger partial charge in [-0.25, -0.2) is 0 Å². The van der Waals surface area contributed by atoms with E-state index in [0.29, 0.717) is 23.9 Å². The molecule has 3 aromatic rings. The molecule has 1 amide bonds. The second kappa shape index (κ2) is 7.26. The molecule has 2 heterocycles. The normalized spacial score (nSPS) is 15.6. The topological polar surface area (TPSA) is 85.6 Å². The zero-order valence-corrected chi connectivity index (χ0v) is 15.7. The number of carbonyl (C=O) groups is 1. The lowest BCUT2D eigenvalue weighted by atomic mass is 9.87. The lowest BCUT2D eigenvalue weighted by Crippen LogP contribution is -2.23. The number of anilines is 1. The highest BCUT2D eigenvalue weighted by Crippen LogP contribution is 2.43. The fourth-order valence-electron chi connectivity index (χ4n) is 3.53. The van der Waals surface area contributed by atoms with E-state index in [1.807, 2.05) is 41.2 Å². The second-order valence-corrected chi connectivity index (χ2v) is 6.70. The third-order valence-corrected chi connectivity index (χ3v) is 4.90. The summed E-state index contributed by atoms with van der Waals surface area (Å²) < 4.78 is 12.4. The Labute approximate surface area is 162 Å². The van der Waals surface area contributed by atoms with Crippen LogP contribution in [0.2, 0.25) is 0 Å². The third-order valence-electron chi connectivity index (χ3n) is 4.90. The Morgan fingerprint density at radius 2 is 1.86 bits per heavy atom. The predicted molar refractivity (Wildman–Crippen MR) is 104 cm³/mol. The molecule has 0 saturated carbocycles. The summed E-state index contributed by atoms with van der Waals surface area (Å²) in [6, 6.07) is 13.5. The van der Waals surface area contributed by atoms with E-state index in [4.69, 9.17) is 9.47 Å². The zero-order valence-electron chi connectivity index (χ0n) is 15.7. The van der Waals surface area contributed by atoms with Gasteiger partial charge in [0.25, 0.3) is 0 Å². The Kier molecular flexibility index (Phi) is 4.65. The van der Waals surface area contributed by atoms with Crippen molar-refractivity contribution in [1.29, 1.82) is 0 Å². The Hall–Kier alpha value is -3.48. The van der Waals surface area contributed by atoms with Gasteiger partial charge in [-0.2, -0.15) is 5.10 Å². The summed E-state index contributed by atoms with van der Waals surface area (Å²) in [5.74, 6) is 0.791. The van der Waals surface area contributed by atoms with Crippen LogP contribution in [0.1, 0.15) is 29.0 Å². The van der Waals surface area contributed by atoms with Gasteiger partial charge in [0, 0.05) is 24.1 Å². The lowest BCUT2D eigenvalue weighted by molar-refractivity contribution is -0.116. The molecule has 2 N–H and O–H groups in total. The smallest absolute Gasteiger partial charge is 0.226 e. The Bertz CT molecular complexity index is 989. The van der Waals surface area contributed by atoms with E-state index < -0.39 is 0 Å². The fourth-order valence-corrected chi connectivity index (χ4v) is 3.53. The van der Waals surface area contributed by atoms with Crippen molar-refractivity contribution in [3.05, 3.63) is 65.4 Å². The number of aromatic nitrogens is 2. The van der Waals surface area contributed by atoms with Crippen molar-refractivity contribution in [2.45, 2.75) is 18.9 Å². The number of amides is 1. The number of nitrogens with one attached hydrogen (secondary N) is 1. The van der Waals surface area contributed by atoms with Crippen molar-refractivity contribution in [2.24, 2.45) is 0 Å². The Morgan fingerprint density at radius 1 is 1.18 bits per heavy atom. The van der Waals surface area contributed by atoms with E-state index in [0.717, 1.165) is 16.7 Å². The number of ether oxygens (including phenoxy) is 2. The van der Waals surface area contributed by atoms with Crippen LogP contribution in [0.4, 0.5) is 5.82 Å². The van der Waals surface area contributed by atoms with Crippen LogP contribution in [0.3, 0.4) is 0 Å². The van der Waals surface area contributed by atoms with Crippen LogP contribution in [0.5, 0.6) is 17.2 Å². The van der Waals surface area contributed by atoms with Gasteiger partial charge in [0.15, 0.2) is 17.3 Å². The van der Waals surface area contributed by atoms with Crippen LogP contribution in [0.25, 0.3) is 0 Å². The van der Waals surface area contributed by atoms with Crippen LogP contribution in [-0.2, 0) is 11.3 Å². The number of phenols is 1. The summed E-state index contributed by atoms with van der Waals surface area (Å²) in [6.07, 6.45) is 2.24. The minimum absolute atomic E-state index is 0.0611. The van der Waals surface area contributed by atoms with Gasteiger partial charge in [-0.05, 0) is 23.3 Å². The van der Waals surface area contributed by atoms with Crippen LogP contribution >= 0.6 is 0 Å². The van der Waals surface area contributed by atoms with Gasteiger partial charge in [-0.15, -0.1) is 0 Å². The maximum absolute atomic E-state index is 12.3. The average molecular weight is 379 g/mol. The van der Waals surface area contributed by atoms with Crippen molar-refractivity contribution < 1.29 is 19.4 Å². The number of hydrogen-bond acceptors (Lipinski definition) is 5. The summed E-state index contributed by atoms with van der Waals surface area (Å²) >= 11 is 0. The van der Waals surface area contributed by atoms with E-state index in [9.17, 15) is 9.90 Å². The van der Waals surface area contributed by atoms with Gasteiger partial charge >= 0.3 is 0 Å². The van der Waals surface area contributed by atoms with Gasteiger partial charge in [-0.3, -0.25) is 9.48 Å². The number of benzene rings is 2. The maximum Gasteiger partial charge on any atom is 0.226 e. The zero-order chi connectivity index (χ0) is 19.7. The van der Waals surface area contributed by atoms with E-state index >= 15 is 0 Å². The van der Waals surface area contributed by atoms with Crippen LogP contribution in [-0.4, -0.2) is 35.0 Å². The van der Waals surface area contributed by atoms with Gasteiger partial charge in [0.1, 0.15) is 0 Å². The molecule has 144 valence electrons. The van der Waals surface area contributed by atoms with Crippen molar-refractivity contribution in [2.75, 3.05) is 19.5 Å². The lowest BCUT2D eigenvalue weighted by Gasteiger charge is -2.23. The largest absolute Gasteiger partial charge is 0.502 e. The average Bonchev–Trinajstić information content (AvgIpc) is 3.10. The molecule has 7 nitrogen and oxygen atoms in total. The van der Waals surface area contributed by atoms with Gasteiger partial charge in [0.2, 0.25) is 11.7 Å². The van der Waals surface area contributed by atoms with E-state index in [-0.39, 0.29) is 24.0 Å². The first-order chi connectivity index (χ1) is 13.6. The molecule has 1 unspecified atom stereocenters. The van der Waals surface area contributed by atoms with E-state index in [1.165, 1.54) is 14.2 Å². The number of hydrogen-bond donors (Lipinski definition) is 2. The monoisotopic (exact) mass is 379 g/mol. The van der Waals surface area contributed by atoms with E-state index in [1.54, 1.807) is 12.1 Å². The molecule has 1 aliphatic rings. The van der Waals surface area contributed by atoms with Crippen LogP contribution in [0, 0.1) is 0 Å². The molecule has 1 aromatic heterocycles. The predicted octanol–water partition coefficient (Wildman–Crippen LogP) is 3.13. The van der Waals surface area contributed by atoms with Crippen molar-refractivity contribution in [3.8, 4) is 17.2 Å². The van der Waals surface area contributed by atoms with Crippen molar-refractivity contribution >= 4 is 11.7 Å². The Morgan fingerprint density at radius 3 is 2.50 bits per heavy atom. The van der Waals surface area contributed by atoms with Gasteiger partial charge in [0.05, 0.1) is 20.8 Å². The van der Waals surface area contributed by atoms with Crippen LogP contribution < -0.4 is 14.8 Å². The summed E-state index contributed by atoms with van der Waals surface area (Å²) in [6.45, 7) is 0.610. The Balaban J connectivity index is 1.74. The fraction of sp³-hybridized carbons (Fsp3) is 0.238. The summed E-state index contributed by atoms with van der Waals surface area (Å²) in [7, 11) is 2.96. The maximum atomic E-state index is 12.3. The number of carbonyl (C=O) groups excluding carboxylic acids is 1. The SMILES string of the molecule is COc1cc(C2CC(=O)Nc3nn(Cc4ccccc4)cc32)cc(OC)c1O. The van der Waals surface area contributed by atoms with Crippen molar-refractivity contribution in [3.63, 3.8) is 0 Å². The van der Waals surface area contributed by atoms with E-state index in [2.05, 4.69) is 10.4 Å².